The van der Waals surface area contributed by atoms with Crippen molar-refractivity contribution in [3.8, 4) is 0 Å². The van der Waals surface area contributed by atoms with Gasteiger partial charge in [-0.1, -0.05) is 127 Å². The smallest absolute Gasteiger partial charge is 0.242 e. The molecule has 0 aromatic heterocycles. The van der Waals surface area contributed by atoms with Gasteiger partial charge >= 0.3 is 0 Å². The maximum Gasteiger partial charge on any atom is 0.242 e. The molecule has 0 radical (unpaired) electrons. The molecule has 0 saturated carbocycles. The zero-order chi connectivity index (χ0) is 24.7. The first-order valence-corrected chi connectivity index (χ1v) is 14.0. The minimum atomic E-state index is -0.558. The molecule has 194 valence electrons. The molecule has 0 aliphatic rings. The highest BCUT2D eigenvalue weighted by Crippen LogP contribution is 2.14. The van der Waals surface area contributed by atoms with Gasteiger partial charge in [-0.05, 0) is 12.0 Å². The molecule has 0 unspecified atom stereocenters. The van der Waals surface area contributed by atoms with Crippen molar-refractivity contribution in [3.63, 3.8) is 0 Å². The Bertz CT molecular complexity index is 621. The van der Waals surface area contributed by atoms with Crippen LogP contribution in [0.3, 0.4) is 0 Å². The average molecular weight is 474 g/mol. The van der Waals surface area contributed by atoms with Gasteiger partial charge in [-0.15, -0.1) is 0 Å². The maximum absolute atomic E-state index is 12.5. The van der Waals surface area contributed by atoms with Crippen LogP contribution in [-0.2, 0) is 16.0 Å². The maximum atomic E-state index is 12.5. The Morgan fingerprint density at radius 3 is 1.76 bits per heavy atom. The zero-order valence-electron chi connectivity index (χ0n) is 21.8. The van der Waals surface area contributed by atoms with Crippen LogP contribution in [0.5, 0.6) is 0 Å². The van der Waals surface area contributed by atoms with Crippen molar-refractivity contribution >= 4 is 11.8 Å². The fraction of sp³-hybridized carbons (Fsp3) is 0.724. The van der Waals surface area contributed by atoms with Gasteiger partial charge in [0.25, 0.3) is 0 Å². The molecule has 1 aromatic rings. The summed E-state index contributed by atoms with van der Waals surface area (Å²) in [5.41, 5.74) is 6.53. The minimum absolute atomic E-state index is 0.0430. The van der Waals surface area contributed by atoms with E-state index in [1.165, 1.54) is 83.5 Å². The van der Waals surface area contributed by atoms with Crippen LogP contribution in [-0.4, -0.2) is 30.9 Å². The number of carbonyl (C=O) groups is 2. The van der Waals surface area contributed by atoms with E-state index in [0.29, 0.717) is 25.9 Å². The number of amides is 2. The van der Waals surface area contributed by atoms with Crippen LogP contribution in [0.1, 0.15) is 115 Å². The third-order valence-corrected chi connectivity index (χ3v) is 6.39. The molecule has 0 spiro atoms. The van der Waals surface area contributed by atoms with E-state index < -0.39 is 6.04 Å². The highest BCUT2D eigenvalue weighted by molar-refractivity contribution is 5.87. The molecular weight excluding hydrogens is 422 g/mol. The summed E-state index contributed by atoms with van der Waals surface area (Å²) in [6, 6.07) is 9.23. The Morgan fingerprint density at radius 1 is 0.765 bits per heavy atom. The Hall–Kier alpha value is -1.88. The summed E-state index contributed by atoms with van der Waals surface area (Å²) in [6.45, 7) is 3.07. The third kappa shape index (κ3) is 16.7. The third-order valence-electron chi connectivity index (χ3n) is 6.39. The number of nitrogens with one attached hydrogen (secondary N) is 2. The van der Waals surface area contributed by atoms with E-state index >= 15 is 0 Å². The first kappa shape index (κ1) is 30.2. The molecule has 5 nitrogen and oxygen atoms in total. The second kappa shape index (κ2) is 21.6. The van der Waals surface area contributed by atoms with Crippen LogP contribution >= 0.6 is 0 Å². The van der Waals surface area contributed by atoms with Gasteiger partial charge in [-0.2, -0.15) is 0 Å². The van der Waals surface area contributed by atoms with Crippen molar-refractivity contribution in [2.24, 2.45) is 5.73 Å². The van der Waals surface area contributed by atoms with Gasteiger partial charge in [-0.25, -0.2) is 0 Å². The van der Waals surface area contributed by atoms with E-state index in [4.69, 9.17) is 5.73 Å². The van der Waals surface area contributed by atoms with Crippen molar-refractivity contribution < 1.29 is 9.59 Å². The molecule has 0 aliphatic heterocycles. The van der Waals surface area contributed by atoms with E-state index in [2.05, 4.69) is 17.6 Å². The molecule has 5 heteroatoms. The predicted octanol–water partition coefficient (Wildman–Crippen LogP) is 6.05. The van der Waals surface area contributed by atoms with E-state index in [9.17, 15) is 9.59 Å². The standard InChI is InChI=1S/C29H51N3O2/c1-2-3-4-5-6-7-8-9-10-11-12-13-14-15-19-22-28(33)32-27(29(34)31-24-23-30)25-26-20-17-16-18-21-26/h16-18,20-21,27H,2-15,19,22-25,30H2,1H3,(H,31,34)(H,32,33)/t27-/m1/s1. The monoisotopic (exact) mass is 473 g/mol. The first-order valence-electron chi connectivity index (χ1n) is 14.0. The van der Waals surface area contributed by atoms with Crippen molar-refractivity contribution in [3.05, 3.63) is 35.9 Å². The van der Waals surface area contributed by atoms with Crippen LogP contribution in [0.15, 0.2) is 30.3 Å². The lowest BCUT2D eigenvalue weighted by Gasteiger charge is -2.18. The van der Waals surface area contributed by atoms with E-state index in [-0.39, 0.29) is 11.8 Å². The molecule has 2 amide bonds. The average Bonchev–Trinajstić information content (AvgIpc) is 2.85. The number of rotatable bonds is 22. The van der Waals surface area contributed by atoms with Gasteiger partial charge in [0.1, 0.15) is 6.04 Å². The second-order valence-corrected chi connectivity index (χ2v) is 9.59. The number of nitrogens with two attached hydrogens (primary N) is 1. The van der Waals surface area contributed by atoms with Gasteiger partial charge < -0.3 is 16.4 Å². The van der Waals surface area contributed by atoms with Gasteiger partial charge in [0.2, 0.25) is 11.8 Å². The lowest BCUT2D eigenvalue weighted by atomic mass is 10.0. The van der Waals surface area contributed by atoms with E-state index in [0.717, 1.165) is 18.4 Å². The molecule has 4 N–H and O–H groups in total. The molecule has 34 heavy (non-hydrogen) atoms. The lowest BCUT2D eigenvalue weighted by molar-refractivity contribution is -0.129. The zero-order valence-corrected chi connectivity index (χ0v) is 21.8. The normalized spacial score (nSPS) is 11.8. The predicted molar refractivity (Wildman–Crippen MR) is 144 cm³/mol. The summed E-state index contributed by atoms with van der Waals surface area (Å²) < 4.78 is 0. The van der Waals surface area contributed by atoms with Gasteiger partial charge in [0.15, 0.2) is 0 Å². The number of unbranched alkanes of at least 4 members (excludes halogenated alkanes) is 14. The van der Waals surface area contributed by atoms with Crippen LogP contribution in [0.2, 0.25) is 0 Å². The van der Waals surface area contributed by atoms with Crippen LogP contribution < -0.4 is 16.4 Å². The summed E-state index contributed by atoms with van der Waals surface area (Å²) in [5, 5.41) is 5.73. The minimum Gasteiger partial charge on any atom is -0.353 e. The molecule has 0 heterocycles. The van der Waals surface area contributed by atoms with Gasteiger partial charge in [0.05, 0.1) is 0 Å². The summed E-state index contributed by atoms with van der Waals surface area (Å²) in [4.78, 5) is 24.9. The SMILES string of the molecule is CCCCCCCCCCCCCCCCCC(=O)N[C@H](Cc1ccccc1)C(=O)NCCN. The largest absolute Gasteiger partial charge is 0.353 e. The summed E-state index contributed by atoms with van der Waals surface area (Å²) >= 11 is 0. The van der Waals surface area contributed by atoms with E-state index in [1.54, 1.807) is 0 Å². The Balaban J connectivity index is 2.08. The topological polar surface area (TPSA) is 84.2 Å². The van der Waals surface area contributed by atoms with Crippen LogP contribution in [0, 0.1) is 0 Å². The fourth-order valence-corrected chi connectivity index (χ4v) is 4.30. The number of hydrogen-bond donors (Lipinski definition) is 3. The van der Waals surface area contributed by atoms with Crippen molar-refractivity contribution in [1.29, 1.82) is 0 Å². The van der Waals surface area contributed by atoms with E-state index in [1.807, 2.05) is 30.3 Å². The highest BCUT2D eigenvalue weighted by atomic mass is 16.2. The van der Waals surface area contributed by atoms with Crippen LogP contribution in [0.4, 0.5) is 0 Å². The molecule has 0 bridgehead atoms. The highest BCUT2D eigenvalue weighted by Gasteiger charge is 2.20. The van der Waals surface area contributed by atoms with Crippen molar-refractivity contribution in [1.82, 2.24) is 10.6 Å². The van der Waals surface area contributed by atoms with Crippen molar-refractivity contribution in [2.45, 2.75) is 122 Å². The molecule has 1 atom stereocenters. The number of carbonyl (C=O) groups excluding carboxylic acids is 2. The summed E-state index contributed by atoms with van der Waals surface area (Å²) in [5.74, 6) is -0.210. The Morgan fingerprint density at radius 2 is 1.26 bits per heavy atom. The number of benzene rings is 1. The Kier molecular flexibility index (Phi) is 19.2. The van der Waals surface area contributed by atoms with Crippen molar-refractivity contribution in [2.75, 3.05) is 13.1 Å². The summed E-state index contributed by atoms with van der Waals surface area (Å²) in [6.07, 6.45) is 20.6. The molecule has 0 aliphatic carbocycles. The molecular formula is C29H51N3O2. The Labute approximate surface area is 209 Å². The lowest BCUT2D eigenvalue weighted by Crippen LogP contribution is -2.48. The molecule has 0 saturated heterocycles. The fourth-order valence-electron chi connectivity index (χ4n) is 4.30. The van der Waals surface area contributed by atoms with Gasteiger partial charge in [-0.3, -0.25) is 9.59 Å². The molecule has 0 fully saturated rings. The van der Waals surface area contributed by atoms with Crippen LogP contribution in [0.25, 0.3) is 0 Å². The molecule has 1 rings (SSSR count). The summed E-state index contributed by atoms with van der Waals surface area (Å²) in [7, 11) is 0. The second-order valence-electron chi connectivity index (χ2n) is 9.59. The van der Waals surface area contributed by atoms with Gasteiger partial charge in [0, 0.05) is 25.9 Å². The quantitative estimate of drug-likeness (QED) is 0.179. The number of hydrogen-bond acceptors (Lipinski definition) is 3. The first-order chi connectivity index (χ1) is 16.7. The molecule has 1 aromatic carbocycles.